The molecule has 108 valence electrons. The third kappa shape index (κ3) is 5.28. The highest BCUT2D eigenvalue weighted by Gasteiger charge is 2.26. The molecule has 0 aromatic heterocycles. The molecule has 1 aliphatic rings. The molecule has 0 saturated carbocycles. The Labute approximate surface area is 113 Å². The van der Waals surface area contributed by atoms with Crippen molar-refractivity contribution in [3.05, 3.63) is 0 Å². The molecule has 2 amide bonds. The van der Waals surface area contributed by atoms with Crippen LogP contribution in [0.2, 0.25) is 0 Å². The van der Waals surface area contributed by atoms with Crippen molar-refractivity contribution in [1.29, 1.82) is 0 Å². The Morgan fingerprint density at radius 1 is 1.32 bits per heavy atom. The maximum atomic E-state index is 11.9. The summed E-state index contributed by atoms with van der Waals surface area (Å²) in [4.78, 5) is 35.3. The number of amides is 2. The van der Waals surface area contributed by atoms with Crippen LogP contribution in [0, 0.1) is 11.8 Å². The molecule has 19 heavy (non-hydrogen) atoms. The number of nitrogens with zero attached hydrogens (tertiary/aromatic N) is 1. The van der Waals surface area contributed by atoms with E-state index in [0.29, 0.717) is 32.5 Å². The molecular weight excluding hydrogens is 248 g/mol. The normalized spacial score (nSPS) is 17.9. The molecule has 1 unspecified atom stereocenters. The molecule has 1 aliphatic heterocycles. The zero-order valence-electron chi connectivity index (χ0n) is 11.5. The molecule has 6 nitrogen and oxygen atoms in total. The summed E-state index contributed by atoms with van der Waals surface area (Å²) in [6, 6.07) is 0. The highest BCUT2D eigenvalue weighted by Crippen LogP contribution is 2.17. The number of aliphatic carboxylic acids is 1. The van der Waals surface area contributed by atoms with E-state index in [1.807, 2.05) is 0 Å². The van der Waals surface area contributed by atoms with Gasteiger partial charge in [-0.25, -0.2) is 0 Å². The SMILES string of the molecule is CC(=O)N1CCC(C(=O)NCC(C)CC(=O)O)CC1. The number of carboxylic acids is 1. The second-order valence-corrected chi connectivity index (χ2v) is 5.23. The van der Waals surface area contributed by atoms with Gasteiger partial charge in [-0.05, 0) is 18.8 Å². The minimum absolute atomic E-state index is 0.0274. The van der Waals surface area contributed by atoms with Crippen molar-refractivity contribution in [1.82, 2.24) is 10.2 Å². The zero-order chi connectivity index (χ0) is 14.4. The van der Waals surface area contributed by atoms with Crippen LogP contribution in [0.15, 0.2) is 0 Å². The summed E-state index contributed by atoms with van der Waals surface area (Å²) in [7, 11) is 0. The van der Waals surface area contributed by atoms with Crippen LogP contribution >= 0.6 is 0 Å². The Morgan fingerprint density at radius 2 is 1.89 bits per heavy atom. The first-order valence-electron chi connectivity index (χ1n) is 6.65. The summed E-state index contributed by atoms with van der Waals surface area (Å²) >= 11 is 0. The fourth-order valence-electron chi connectivity index (χ4n) is 2.25. The van der Waals surface area contributed by atoms with Gasteiger partial charge >= 0.3 is 5.97 Å². The zero-order valence-corrected chi connectivity index (χ0v) is 11.5. The first-order valence-corrected chi connectivity index (χ1v) is 6.65. The number of carbonyl (C=O) groups is 3. The number of rotatable bonds is 5. The molecule has 0 spiro atoms. The lowest BCUT2D eigenvalue weighted by Gasteiger charge is -2.30. The van der Waals surface area contributed by atoms with Crippen molar-refractivity contribution in [3.63, 3.8) is 0 Å². The van der Waals surface area contributed by atoms with Crippen molar-refractivity contribution < 1.29 is 19.5 Å². The topological polar surface area (TPSA) is 86.7 Å². The fraction of sp³-hybridized carbons (Fsp3) is 0.769. The quantitative estimate of drug-likeness (QED) is 0.760. The van der Waals surface area contributed by atoms with E-state index < -0.39 is 5.97 Å². The van der Waals surface area contributed by atoms with Crippen LogP contribution in [-0.4, -0.2) is 47.4 Å². The lowest BCUT2D eigenvalue weighted by Crippen LogP contribution is -2.43. The lowest BCUT2D eigenvalue weighted by molar-refractivity contribution is -0.138. The predicted octanol–water partition coefficient (Wildman–Crippen LogP) is 0.472. The lowest BCUT2D eigenvalue weighted by atomic mass is 9.95. The molecule has 1 heterocycles. The van der Waals surface area contributed by atoms with Crippen LogP contribution in [0.25, 0.3) is 0 Å². The average Bonchev–Trinajstić information content (AvgIpc) is 2.35. The Morgan fingerprint density at radius 3 is 2.37 bits per heavy atom. The molecular formula is C13H22N2O4. The fourth-order valence-corrected chi connectivity index (χ4v) is 2.25. The minimum Gasteiger partial charge on any atom is -0.481 e. The van der Waals surface area contributed by atoms with E-state index in [-0.39, 0.29) is 30.1 Å². The maximum Gasteiger partial charge on any atom is 0.303 e. The maximum absolute atomic E-state index is 11.9. The van der Waals surface area contributed by atoms with Crippen LogP contribution in [0.5, 0.6) is 0 Å². The molecule has 2 N–H and O–H groups in total. The number of carboxylic acid groups (broad SMARTS) is 1. The molecule has 1 fully saturated rings. The van der Waals surface area contributed by atoms with Gasteiger partial charge in [-0.1, -0.05) is 6.92 Å². The number of piperidine rings is 1. The minimum atomic E-state index is -0.850. The van der Waals surface area contributed by atoms with Crippen LogP contribution in [0.1, 0.15) is 33.1 Å². The number of hydrogen-bond donors (Lipinski definition) is 2. The number of likely N-dealkylation sites (tertiary alicyclic amines) is 1. The Hall–Kier alpha value is -1.59. The third-order valence-electron chi connectivity index (χ3n) is 3.46. The van der Waals surface area contributed by atoms with E-state index in [4.69, 9.17) is 5.11 Å². The van der Waals surface area contributed by atoms with Gasteiger partial charge in [0.05, 0.1) is 0 Å². The van der Waals surface area contributed by atoms with Crippen molar-refractivity contribution >= 4 is 17.8 Å². The smallest absolute Gasteiger partial charge is 0.303 e. The average molecular weight is 270 g/mol. The molecule has 6 heteroatoms. The van der Waals surface area contributed by atoms with Crippen molar-refractivity contribution in [2.45, 2.75) is 33.1 Å². The van der Waals surface area contributed by atoms with E-state index in [9.17, 15) is 14.4 Å². The molecule has 1 saturated heterocycles. The van der Waals surface area contributed by atoms with Gasteiger partial charge in [0.1, 0.15) is 0 Å². The van der Waals surface area contributed by atoms with Crippen molar-refractivity contribution in [3.8, 4) is 0 Å². The van der Waals surface area contributed by atoms with Gasteiger partial charge in [0.25, 0.3) is 0 Å². The number of hydrogen-bond acceptors (Lipinski definition) is 3. The van der Waals surface area contributed by atoms with Crippen LogP contribution in [-0.2, 0) is 14.4 Å². The van der Waals surface area contributed by atoms with Gasteiger partial charge in [0, 0.05) is 38.9 Å². The van der Waals surface area contributed by atoms with Crippen LogP contribution in [0.4, 0.5) is 0 Å². The van der Waals surface area contributed by atoms with Crippen molar-refractivity contribution in [2.75, 3.05) is 19.6 Å². The highest BCUT2D eigenvalue weighted by atomic mass is 16.4. The van der Waals surface area contributed by atoms with Gasteiger partial charge in [0.15, 0.2) is 0 Å². The second kappa shape index (κ2) is 7.11. The molecule has 0 aliphatic carbocycles. The van der Waals surface area contributed by atoms with Crippen molar-refractivity contribution in [2.24, 2.45) is 11.8 Å². The largest absolute Gasteiger partial charge is 0.481 e. The predicted molar refractivity (Wildman–Crippen MR) is 69.4 cm³/mol. The first-order chi connectivity index (χ1) is 8.90. The van der Waals surface area contributed by atoms with Gasteiger partial charge in [-0.2, -0.15) is 0 Å². The summed E-state index contributed by atoms with van der Waals surface area (Å²) in [6.07, 6.45) is 1.42. The van der Waals surface area contributed by atoms with Crippen LogP contribution in [0.3, 0.4) is 0 Å². The summed E-state index contributed by atoms with van der Waals surface area (Å²) in [5, 5.41) is 11.4. The third-order valence-corrected chi connectivity index (χ3v) is 3.46. The van der Waals surface area contributed by atoms with E-state index in [1.165, 1.54) is 6.92 Å². The molecule has 0 radical (unpaired) electrons. The summed E-state index contributed by atoms with van der Waals surface area (Å²) in [5.74, 6) is -0.961. The second-order valence-electron chi connectivity index (χ2n) is 5.23. The Bertz CT molecular complexity index is 349. The van der Waals surface area contributed by atoms with Gasteiger partial charge < -0.3 is 15.3 Å². The molecule has 0 aromatic rings. The first kappa shape index (κ1) is 15.5. The van der Waals surface area contributed by atoms with E-state index in [0.717, 1.165) is 0 Å². The molecule has 1 rings (SSSR count). The molecule has 0 aromatic carbocycles. The van der Waals surface area contributed by atoms with E-state index in [1.54, 1.807) is 11.8 Å². The van der Waals surface area contributed by atoms with E-state index >= 15 is 0 Å². The number of nitrogens with one attached hydrogen (secondary N) is 1. The van der Waals surface area contributed by atoms with E-state index in [2.05, 4.69) is 5.32 Å². The standard InChI is InChI=1S/C13H22N2O4/c1-9(7-12(17)18)8-14-13(19)11-3-5-15(6-4-11)10(2)16/h9,11H,3-8H2,1-2H3,(H,14,19)(H,17,18). The monoisotopic (exact) mass is 270 g/mol. The number of carbonyl (C=O) groups excluding carboxylic acids is 2. The van der Waals surface area contributed by atoms with Gasteiger partial charge in [0.2, 0.25) is 11.8 Å². The Balaban J connectivity index is 2.28. The Kier molecular flexibility index (Phi) is 5.79. The summed E-state index contributed by atoms with van der Waals surface area (Å²) in [6.45, 7) is 4.97. The van der Waals surface area contributed by atoms with Gasteiger partial charge in [-0.15, -0.1) is 0 Å². The van der Waals surface area contributed by atoms with Crippen LogP contribution < -0.4 is 5.32 Å². The molecule has 0 bridgehead atoms. The summed E-state index contributed by atoms with van der Waals surface area (Å²) in [5.41, 5.74) is 0. The highest BCUT2D eigenvalue weighted by molar-refractivity contribution is 5.79. The summed E-state index contributed by atoms with van der Waals surface area (Å²) < 4.78 is 0. The molecule has 1 atom stereocenters. The van der Waals surface area contributed by atoms with Gasteiger partial charge in [-0.3, -0.25) is 14.4 Å².